The molecule has 0 saturated heterocycles. The second kappa shape index (κ2) is 9.17. The fourth-order valence-corrected chi connectivity index (χ4v) is 1.65. The summed E-state index contributed by atoms with van der Waals surface area (Å²) in [6.07, 6.45) is -0.649. The molecule has 0 aromatic heterocycles. The summed E-state index contributed by atoms with van der Waals surface area (Å²) in [5, 5.41) is 19.9. The van der Waals surface area contributed by atoms with Crippen molar-refractivity contribution in [3.63, 3.8) is 0 Å². The van der Waals surface area contributed by atoms with Gasteiger partial charge in [-0.1, -0.05) is 13.8 Å². The minimum absolute atomic E-state index is 0.223. The zero-order chi connectivity index (χ0) is 16.6. The Labute approximate surface area is 124 Å². The molecule has 8 nitrogen and oxygen atoms in total. The zero-order valence-electron chi connectivity index (χ0n) is 13.0. The lowest BCUT2D eigenvalue weighted by molar-refractivity contribution is -0.145. The van der Waals surface area contributed by atoms with E-state index in [9.17, 15) is 14.4 Å². The first kappa shape index (κ1) is 19.2. The van der Waals surface area contributed by atoms with Gasteiger partial charge in [-0.2, -0.15) is 0 Å². The van der Waals surface area contributed by atoms with E-state index in [0.29, 0.717) is 19.6 Å². The summed E-state index contributed by atoms with van der Waals surface area (Å²) in [7, 11) is 3.74. The van der Waals surface area contributed by atoms with Gasteiger partial charge in [0.15, 0.2) is 0 Å². The lowest BCUT2D eigenvalue weighted by Gasteiger charge is -2.27. The number of carboxylic acids is 2. The van der Waals surface area contributed by atoms with Crippen LogP contribution in [0.2, 0.25) is 0 Å². The predicted octanol–water partition coefficient (Wildman–Crippen LogP) is 0.144. The van der Waals surface area contributed by atoms with Gasteiger partial charge in [0.2, 0.25) is 0 Å². The van der Waals surface area contributed by atoms with E-state index in [1.54, 1.807) is 0 Å². The molecule has 0 bridgehead atoms. The number of nitrogens with one attached hydrogen (secondary N) is 1. The van der Waals surface area contributed by atoms with Crippen LogP contribution in [0.1, 0.15) is 20.3 Å². The van der Waals surface area contributed by atoms with Crippen molar-refractivity contribution in [2.75, 3.05) is 33.7 Å². The monoisotopic (exact) mass is 303 g/mol. The van der Waals surface area contributed by atoms with E-state index < -0.39 is 30.4 Å². The Morgan fingerprint density at radius 1 is 1.10 bits per heavy atom. The Bertz CT molecular complexity index is 371. The SMILES string of the molecule is CC(C)CN(CCN(C)C)C(=O)NC(CC(=O)O)C(=O)O. The molecule has 0 aliphatic heterocycles. The summed E-state index contributed by atoms with van der Waals surface area (Å²) in [5.41, 5.74) is 0. The van der Waals surface area contributed by atoms with Gasteiger partial charge in [-0.3, -0.25) is 4.79 Å². The topological polar surface area (TPSA) is 110 Å². The van der Waals surface area contributed by atoms with Crippen molar-refractivity contribution >= 4 is 18.0 Å². The molecular weight excluding hydrogens is 278 g/mol. The first-order valence-electron chi connectivity index (χ1n) is 6.78. The third-order valence-corrected chi connectivity index (χ3v) is 2.66. The van der Waals surface area contributed by atoms with Gasteiger partial charge in [0.05, 0.1) is 6.42 Å². The number of likely N-dealkylation sites (N-methyl/N-ethyl adjacent to an activating group) is 1. The normalized spacial score (nSPS) is 12.3. The van der Waals surface area contributed by atoms with E-state index >= 15 is 0 Å². The number of aliphatic carboxylic acids is 2. The highest BCUT2D eigenvalue weighted by atomic mass is 16.4. The van der Waals surface area contributed by atoms with Gasteiger partial charge in [0, 0.05) is 19.6 Å². The number of carboxylic acid groups (broad SMARTS) is 2. The number of amides is 2. The van der Waals surface area contributed by atoms with Crippen LogP contribution in [0.25, 0.3) is 0 Å². The number of rotatable bonds is 9. The first-order chi connectivity index (χ1) is 9.63. The average molecular weight is 303 g/mol. The molecule has 0 radical (unpaired) electrons. The molecule has 2 amide bonds. The molecule has 0 aromatic carbocycles. The van der Waals surface area contributed by atoms with Crippen LogP contribution < -0.4 is 5.32 Å². The summed E-state index contributed by atoms with van der Waals surface area (Å²) in [4.78, 5) is 37.1. The fourth-order valence-electron chi connectivity index (χ4n) is 1.65. The van der Waals surface area contributed by atoms with E-state index in [-0.39, 0.29) is 5.92 Å². The molecule has 0 fully saturated rings. The Hall–Kier alpha value is -1.83. The third-order valence-electron chi connectivity index (χ3n) is 2.66. The molecule has 1 unspecified atom stereocenters. The van der Waals surface area contributed by atoms with Crippen LogP contribution in [0, 0.1) is 5.92 Å². The number of nitrogens with zero attached hydrogens (tertiary/aromatic N) is 2. The maximum atomic E-state index is 12.1. The van der Waals surface area contributed by atoms with E-state index in [0.717, 1.165) is 0 Å². The molecule has 0 heterocycles. The zero-order valence-corrected chi connectivity index (χ0v) is 13.0. The lowest BCUT2D eigenvalue weighted by atomic mass is 10.2. The smallest absolute Gasteiger partial charge is 0.326 e. The van der Waals surface area contributed by atoms with Gasteiger partial charge in [-0.15, -0.1) is 0 Å². The van der Waals surface area contributed by atoms with Crippen LogP contribution in [-0.4, -0.2) is 77.8 Å². The van der Waals surface area contributed by atoms with Crippen LogP contribution in [-0.2, 0) is 9.59 Å². The van der Waals surface area contributed by atoms with E-state index in [2.05, 4.69) is 5.32 Å². The van der Waals surface area contributed by atoms with Gasteiger partial charge >= 0.3 is 18.0 Å². The number of carbonyl (C=O) groups excluding carboxylic acids is 1. The van der Waals surface area contributed by atoms with Crippen LogP contribution in [0.4, 0.5) is 4.79 Å². The third kappa shape index (κ3) is 8.85. The second-order valence-electron chi connectivity index (χ2n) is 5.58. The summed E-state index contributed by atoms with van der Waals surface area (Å²) >= 11 is 0. The highest BCUT2D eigenvalue weighted by Crippen LogP contribution is 2.02. The highest BCUT2D eigenvalue weighted by molar-refractivity contribution is 5.86. The molecule has 21 heavy (non-hydrogen) atoms. The van der Waals surface area contributed by atoms with E-state index in [4.69, 9.17) is 10.2 Å². The molecule has 0 spiro atoms. The van der Waals surface area contributed by atoms with Crippen LogP contribution >= 0.6 is 0 Å². The molecule has 122 valence electrons. The van der Waals surface area contributed by atoms with Crippen LogP contribution in [0.3, 0.4) is 0 Å². The van der Waals surface area contributed by atoms with Crippen LogP contribution in [0.15, 0.2) is 0 Å². The van der Waals surface area contributed by atoms with Crippen molar-refractivity contribution in [3.05, 3.63) is 0 Å². The maximum absolute atomic E-state index is 12.1. The van der Waals surface area contributed by atoms with Crippen LogP contribution in [0.5, 0.6) is 0 Å². The largest absolute Gasteiger partial charge is 0.481 e. The van der Waals surface area contributed by atoms with Gasteiger partial charge < -0.3 is 25.3 Å². The molecule has 0 rings (SSSR count). The Balaban J connectivity index is 4.75. The summed E-state index contributed by atoms with van der Waals surface area (Å²) in [5.74, 6) is -2.41. The first-order valence-corrected chi connectivity index (χ1v) is 6.78. The number of hydrogen-bond donors (Lipinski definition) is 3. The molecule has 1 atom stereocenters. The van der Waals surface area contributed by atoms with E-state index in [1.807, 2.05) is 32.8 Å². The second-order valence-corrected chi connectivity index (χ2v) is 5.58. The Morgan fingerprint density at radius 3 is 2.05 bits per heavy atom. The molecule has 0 aliphatic rings. The minimum Gasteiger partial charge on any atom is -0.481 e. The number of urea groups is 1. The van der Waals surface area contributed by atoms with Crippen molar-refractivity contribution < 1.29 is 24.6 Å². The fraction of sp³-hybridized carbons (Fsp3) is 0.769. The predicted molar refractivity (Wildman–Crippen MR) is 77.2 cm³/mol. The number of carbonyl (C=O) groups is 3. The summed E-state index contributed by atoms with van der Waals surface area (Å²) in [6.45, 7) is 5.44. The minimum atomic E-state index is -1.43. The van der Waals surface area contributed by atoms with Crippen molar-refractivity contribution in [2.24, 2.45) is 5.92 Å². The van der Waals surface area contributed by atoms with Gasteiger partial charge in [0.1, 0.15) is 6.04 Å². The Kier molecular flexibility index (Phi) is 8.37. The molecule has 3 N–H and O–H groups in total. The molecule has 8 heteroatoms. The summed E-state index contributed by atoms with van der Waals surface area (Å²) in [6, 6.07) is -1.98. The van der Waals surface area contributed by atoms with Crippen molar-refractivity contribution in [3.8, 4) is 0 Å². The highest BCUT2D eigenvalue weighted by Gasteiger charge is 2.25. The van der Waals surface area contributed by atoms with E-state index in [1.165, 1.54) is 4.90 Å². The number of hydrogen-bond acceptors (Lipinski definition) is 4. The standard InChI is InChI=1S/C13H25N3O5/c1-9(2)8-16(6-5-15(3)4)13(21)14-10(12(19)20)7-11(17)18/h9-10H,5-8H2,1-4H3,(H,14,21)(H,17,18)(H,19,20). The van der Waals surface area contributed by atoms with Gasteiger partial charge in [-0.25, -0.2) is 9.59 Å². The quantitative estimate of drug-likeness (QED) is 0.559. The van der Waals surface area contributed by atoms with Crippen molar-refractivity contribution in [2.45, 2.75) is 26.3 Å². The van der Waals surface area contributed by atoms with Crippen molar-refractivity contribution in [1.29, 1.82) is 0 Å². The molecule has 0 aliphatic carbocycles. The van der Waals surface area contributed by atoms with Gasteiger partial charge in [0.25, 0.3) is 0 Å². The average Bonchev–Trinajstić information content (AvgIpc) is 2.32. The Morgan fingerprint density at radius 2 is 1.67 bits per heavy atom. The van der Waals surface area contributed by atoms with Gasteiger partial charge in [-0.05, 0) is 20.0 Å². The molecule has 0 saturated carbocycles. The lowest BCUT2D eigenvalue weighted by Crippen LogP contribution is -2.50. The molecule has 0 aromatic rings. The summed E-state index contributed by atoms with van der Waals surface area (Å²) < 4.78 is 0. The molecular formula is C13H25N3O5. The maximum Gasteiger partial charge on any atom is 0.326 e. The van der Waals surface area contributed by atoms with Crippen molar-refractivity contribution in [1.82, 2.24) is 15.1 Å².